The highest BCUT2D eigenvalue weighted by Gasteiger charge is 2.27. The van der Waals surface area contributed by atoms with Gasteiger partial charge in [0.05, 0.1) is 17.1 Å². The van der Waals surface area contributed by atoms with Crippen molar-refractivity contribution < 1.29 is 0 Å². The molecule has 0 saturated heterocycles. The summed E-state index contributed by atoms with van der Waals surface area (Å²) < 4.78 is 0. The molecular weight excluding hydrogens is 633 g/mol. The molecule has 10 rings (SSSR count). The predicted molar refractivity (Wildman–Crippen MR) is 203 cm³/mol. The third kappa shape index (κ3) is 4.57. The van der Waals surface area contributed by atoms with Crippen LogP contribution < -0.4 is 4.90 Å². The van der Waals surface area contributed by atoms with E-state index in [0.29, 0.717) is 0 Å². The van der Waals surface area contributed by atoms with Crippen molar-refractivity contribution in [1.82, 2.24) is 45.0 Å². The Hall–Kier alpha value is -6.94. The van der Waals surface area contributed by atoms with Crippen LogP contribution >= 0.6 is 0 Å². The van der Waals surface area contributed by atoms with E-state index in [-0.39, 0.29) is 0 Å². The molecule has 0 radical (unpaired) electrons. The molecule has 0 aliphatic carbocycles. The van der Waals surface area contributed by atoms with Crippen molar-refractivity contribution in [3.63, 3.8) is 0 Å². The number of fused-ring (bicyclic) bond motifs is 6. The van der Waals surface area contributed by atoms with Crippen LogP contribution in [0, 0.1) is 0 Å². The minimum Gasteiger partial charge on any atom is -0.304 e. The molecule has 0 saturated carbocycles. The van der Waals surface area contributed by atoms with E-state index in [2.05, 4.69) is 107 Å². The summed E-state index contributed by atoms with van der Waals surface area (Å²) in [6.45, 7) is 0. The second-order valence-electron chi connectivity index (χ2n) is 12.8. The first-order chi connectivity index (χ1) is 25.0. The number of nitrogens with zero attached hydrogens (tertiary/aromatic N) is 10. The van der Waals surface area contributed by atoms with Crippen LogP contribution in [0.5, 0.6) is 0 Å². The topological polar surface area (TPSA) is 95.4 Å². The first kappa shape index (κ1) is 29.0. The van der Waals surface area contributed by atoms with Gasteiger partial charge in [-0.3, -0.25) is 0 Å². The van der Waals surface area contributed by atoms with Crippen LogP contribution in [0.4, 0.5) is 17.1 Å². The van der Waals surface area contributed by atoms with Crippen LogP contribution in [-0.2, 0) is 21.1 Å². The molecule has 0 fully saturated rings. The van der Waals surface area contributed by atoms with Crippen LogP contribution in [0.1, 0.15) is 0 Å². The number of benzene rings is 7. The quantitative estimate of drug-likeness (QED) is 0.170. The molecule has 0 spiro atoms. The first-order valence-electron chi connectivity index (χ1n) is 16.8. The third-order valence-corrected chi connectivity index (χ3v) is 9.59. The minimum atomic E-state index is 0.748. The largest absolute Gasteiger partial charge is 0.304 e. The standard InChI is InChI=1S/C41H30N10/c1-48-42-33-14-9-15-34(39(33)45-48)51(35-22-20-30(25-10-5-4-6-11-25)37-40(35)46-49(2)43-37)36-23-21-31(38-41(36)47-50(3)44-38)28-19-18-27-17-16-26-12-7-8-13-29(26)32(27)24-28/h4-24H,1-3H3. The summed E-state index contributed by atoms with van der Waals surface area (Å²) in [4.78, 5) is 7.06. The van der Waals surface area contributed by atoms with Crippen LogP contribution in [0.3, 0.4) is 0 Å². The Labute approximate surface area is 291 Å². The summed E-state index contributed by atoms with van der Waals surface area (Å²) >= 11 is 0. The number of anilines is 3. The van der Waals surface area contributed by atoms with E-state index in [1.807, 2.05) is 51.5 Å². The SMILES string of the molecule is Cn1nc2cccc(N(c3ccc(-c4ccccc4)c4nn(C)nc34)c3ccc(-c4ccc5ccc6ccccc6c5c4)c4nn(C)nc34)c2n1. The predicted octanol–water partition coefficient (Wildman–Crippen LogP) is 8.64. The van der Waals surface area contributed by atoms with Gasteiger partial charge in [0, 0.05) is 32.3 Å². The van der Waals surface area contributed by atoms with Crippen molar-refractivity contribution in [2.45, 2.75) is 0 Å². The molecule has 3 heterocycles. The van der Waals surface area contributed by atoms with Gasteiger partial charge in [-0.2, -0.15) is 45.0 Å². The Morgan fingerprint density at radius 1 is 0.392 bits per heavy atom. The van der Waals surface area contributed by atoms with E-state index < -0.39 is 0 Å². The molecule has 0 aliphatic rings. The molecule has 0 unspecified atom stereocenters. The van der Waals surface area contributed by atoms with Crippen LogP contribution in [0.25, 0.3) is 76.9 Å². The average Bonchev–Trinajstić information content (AvgIpc) is 3.87. The molecule has 10 aromatic rings. The zero-order valence-corrected chi connectivity index (χ0v) is 28.1. The average molecular weight is 663 g/mol. The molecule has 0 atom stereocenters. The lowest BCUT2D eigenvalue weighted by molar-refractivity contribution is 0.665. The van der Waals surface area contributed by atoms with Gasteiger partial charge in [-0.15, -0.1) is 0 Å². The number of aromatic nitrogens is 9. The number of aryl methyl sites for hydroxylation is 3. The maximum absolute atomic E-state index is 5.00. The summed E-state index contributed by atoms with van der Waals surface area (Å²) in [6, 6.07) is 44.3. The van der Waals surface area contributed by atoms with Crippen molar-refractivity contribution >= 4 is 71.7 Å². The van der Waals surface area contributed by atoms with Crippen molar-refractivity contribution in [1.29, 1.82) is 0 Å². The summed E-state index contributed by atoms with van der Waals surface area (Å²) in [5.41, 5.74) is 11.3. The third-order valence-electron chi connectivity index (χ3n) is 9.59. The van der Waals surface area contributed by atoms with Gasteiger partial charge in [0.25, 0.3) is 0 Å². The second-order valence-corrected chi connectivity index (χ2v) is 12.8. The van der Waals surface area contributed by atoms with Gasteiger partial charge >= 0.3 is 0 Å². The molecular formula is C41H30N10. The Morgan fingerprint density at radius 2 is 0.941 bits per heavy atom. The Morgan fingerprint density at radius 3 is 1.67 bits per heavy atom. The molecule has 3 aromatic heterocycles. The molecule has 0 amide bonds. The highest BCUT2D eigenvalue weighted by Crippen LogP contribution is 2.46. The van der Waals surface area contributed by atoms with Gasteiger partial charge in [0.2, 0.25) is 0 Å². The molecule has 0 aliphatic heterocycles. The maximum atomic E-state index is 5.00. The van der Waals surface area contributed by atoms with Gasteiger partial charge in [-0.1, -0.05) is 84.9 Å². The molecule has 244 valence electrons. The summed E-state index contributed by atoms with van der Waals surface area (Å²) in [5.74, 6) is 0. The van der Waals surface area contributed by atoms with Gasteiger partial charge in [-0.05, 0) is 75.1 Å². The number of rotatable bonds is 5. The van der Waals surface area contributed by atoms with E-state index in [1.54, 1.807) is 14.4 Å². The van der Waals surface area contributed by atoms with E-state index in [1.165, 1.54) is 21.5 Å². The van der Waals surface area contributed by atoms with E-state index >= 15 is 0 Å². The Bertz CT molecular complexity index is 2970. The summed E-state index contributed by atoms with van der Waals surface area (Å²) in [7, 11) is 5.56. The Kier molecular flexibility index (Phi) is 6.28. The van der Waals surface area contributed by atoms with E-state index in [9.17, 15) is 0 Å². The highest BCUT2D eigenvalue weighted by atomic mass is 15.5. The van der Waals surface area contributed by atoms with Gasteiger partial charge < -0.3 is 4.90 Å². The van der Waals surface area contributed by atoms with Crippen LogP contribution in [0.2, 0.25) is 0 Å². The fourth-order valence-corrected chi connectivity index (χ4v) is 7.37. The number of hydrogen-bond donors (Lipinski definition) is 0. The minimum absolute atomic E-state index is 0.748. The lowest BCUT2D eigenvalue weighted by atomic mass is 9.96. The first-order valence-corrected chi connectivity index (χ1v) is 16.8. The lowest BCUT2D eigenvalue weighted by Gasteiger charge is -2.26. The summed E-state index contributed by atoms with van der Waals surface area (Å²) in [6.07, 6.45) is 0. The molecule has 0 bridgehead atoms. The monoisotopic (exact) mass is 662 g/mol. The Balaban J connectivity index is 1.24. The van der Waals surface area contributed by atoms with Crippen molar-refractivity contribution in [3.8, 4) is 22.3 Å². The fourth-order valence-electron chi connectivity index (χ4n) is 7.37. The van der Waals surface area contributed by atoms with Crippen molar-refractivity contribution in [2.24, 2.45) is 21.1 Å². The molecule has 10 heteroatoms. The van der Waals surface area contributed by atoms with E-state index in [4.69, 9.17) is 25.5 Å². The zero-order valence-electron chi connectivity index (χ0n) is 28.1. The smallest absolute Gasteiger partial charge is 0.137 e. The van der Waals surface area contributed by atoms with Crippen LogP contribution in [0.15, 0.2) is 127 Å². The van der Waals surface area contributed by atoms with E-state index in [0.717, 1.165) is 72.4 Å². The van der Waals surface area contributed by atoms with Gasteiger partial charge in [0.1, 0.15) is 33.1 Å². The van der Waals surface area contributed by atoms with Gasteiger partial charge in [0.15, 0.2) is 0 Å². The van der Waals surface area contributed by atoms with Crippen molar-refractivity contribution in [2.75, 3.05) is 4.90 Å². The normalized spacial score (nSPS) is 11.8. The molecule has 0 N–H and O–H groups in total. The lowest BCUT2D eigenvalue weighted by Crippen LogP contribution is -2.12. The fraction of sp³-hybridized carbons (Fsp3) is 0.0732. The highest BCUT2D eigenvalue weighted by molar-refractivity contribution is 6.12. The maximum Gasteiger partial charge on any atom is 0.137 e. The molecule has 51 heavy (non-hydrogen) atoms. The zero-order chi connectivity index (χ0) is 34.2. The number of hydrogen-bond acceptors (Lipinski definition) is 7. The van der Waals surface area contributed by atoms with Crippen LogP contribution in [-0.4, -0.2) is 45.0 Å². The van der Waals surface area contributed by atoms with Gasteiger partial charge in [-0.25, -0.2) is 0 Å². The molecule has 10 nitrogen and oxygen atoms in total. The molecule has 7 aromatic carbocycles. The van der Waals surface area contributed by atoms with Crippen molar-refractivity contribution in [3.05, 3.63) is 127 Å². The second kappa shape index (κ2) is 11.0. The summed E-state index contributed by atoms with van der Waals surface area (Å²) in [5, 5.41) is 34.1.